The highest BCUT2D eigenvalue weighted by molar-refractivity contribution is 5.91. The molecule has 0 saturated carbocycles. The van der Waals surface area contributed by atoms with E-state index >= 15 is 0 Å². The first-order chi connectivity index (χ1) is 5.40. The summed E-state index contributed by atoms with van der Waals surface area (Å²) < 4.78 is 38.2. The van der Waals surface area contributed by atoms with Crippen LogP contribution in [-0.4, -0.2) is 36.8 Å². The van der Waals surface area contributed by atoms with Crippen molar-refractivity contribution in [1.29, 1.82) is 0 Å². The monoisotopic (exact) mass is 181 g/mol. The van der Waals surface area contributed by atoms with Crippen LogP contribution in [0, 0.1) is 0 Å². The minimum atomic E-state index is -4.79. The summed E-state index contributed by atoms with van der Waals surface area (Å²) in [7, 11) is 1.14. The molecule has 7 heteroatoms. The fraction of sp³-hybridized carbons (Fsp3) is 0.600. The second kappa shape index (κ2) is 2.74. The molecule has 0 saturated heterocycles. The van der Waals surface area contributed by atoms with Crippen LogP contribution in [0.2, 0.25) is 0 Å². The van der Waals surface area contributed by atoms with Gasteiger partial charge in [-0.25, -0.2) is 4.79 Å². The number of nitrogens with zero attached hydrogens (tertiary/aromatic N) is 2. The van der Waals surface area contributed by atoms with Crippen molar-refractivity contribution >= 4 is 12.2 Å². The number of urea groups is 1. The van der Waals surface area contributed by atoms with Crippen LogP contribution in [0.1, 0.15) is 0 Å². The van der Waals surface area contributed by atoms with Crippen molar-refractivity contribution in [2.45, 2.75) is 12.6 Å². The molecular formula is C5H4F3N2O2. The zero-order chi connectivity index (χ0) is 9.35. The van der Waals surface area contributed by atoms with Crippen LogP contribution < -0.4 is 0 Å². The Hall–Kier alpha value is -1.11. The van der Waals surface area contributed by atoms with Gasteiger partial charge in [-0.3, -0.25) is 9.64 Å². The number of carbonyl (C=O) groups is 1. The smallest absolute Gasteiger partial charge is 0.294 e. The summed E-state index contributed by atoms with van der Waals surface area (Å²) in [4.78, 5) is 14.2. The van der Waals surface area contributed by atoms with E-state index in [0.717, 1.165) is 7.05 Å². The van der Waals surface area contributed by atoms with Gasteiger partial charge in [-0.1, -0.05) is 0 Å². The van der Waals surface area contributed by atoms with Crippen molar-refractivity contribution in [1.82, 2.24) is 4.90 Å². The second-order valence-corrected chi connectivity index (χ2v) is 2.05. The van der Waals surface area contributed by atoms with Crippen LogP contribution in [0.5, 0.6) is 0 Å². The molecule has 1 radical (unpaired) electrons. The van der Waals surface area contributed by atoms with E-state index in [1.165, 1.54) is 0 Å². The number of halogens is 3. The molecule has 0 aromatic rings. The van der Waals surface area contributed by atoms with Crippen LogP contribution in [0.25, 0.3) is 0 Å². The van der Waals surface area contributed by atoms with Gasteiger partial charge in [0.05, 0.1) is 0 Å². The Labute approximate surface area is 65.6 Å². The number of alkyl halides is 3. The topological polar surface area (TPSA) is 41.9 Å². The van der Waals surface area contributed by atoms with Gasteiger partial charge in [-0.2, -0.15) is 4.99 Å². The number of rotatable bonds is 1. The van der Waals surface area contributed by atoms with Crippen molar-refractivity contribution in [2.24, 2.45) is 4.99 Å². The van der Waals surface area contributed by atoms with E-state index in [1.54, 1.807) is 0 Å². The van der Waals surface area contributed by atoms with Gasteiger partial charge in [-0.15, -0.1) is 13.2 Å². The Balaban J connectivity index is 2.56. The molecule has 1 rings (SSSR count). The average molecular weight is 181 g/mol. The fourth-order valence-corrected chi connectivity index (χ4v) is 0.608. The number of hydrogen-bond acceptors (Lipinski definition) is 2. The Morgan fingerprint density at radius 2 is 2.25 bits per heavy atom. The van der Waals surface area contributed by atoms with Gasteiger partial charge in [0.25, 0.3) is 0 Å². The summed E-state index contributed by atoms with van der Waals surface area (Å²) in [6.45, 7) is 0. The van der Waals surface area contributed by atoms with Crippen molar-refractivity contribution in [3.05, 3.63) is 0 Å². The zero-order valence-corrected chi connectivity index (χ0v) is 5.92. The number of hydrogen-bond donors (Lipinski definition) is 0. The third-order valence-corrected chi connectivity index (χ3v) is 1.17. The Bertz CT molecular complexity index is 225. The van der Waals surface area contributed by atoms with E-state index in [-0.39, 0.29) is 0 Å². The second-order valence-electron chi connectivity index (χ2n) is 2.05. The molecule has 1 atom stereocenters. The largest absolute Gasteiger partial charge is 0.524 e. The minimum Gasteiger partial charge on any atom is -0.294 e. The van der Waals surface area contributed by atoms with E-state index in [2.05, 4.69) is 9.73 Å². The summed E-state index contributed by atoms with van der Waals surface area (Å²) in [5.41, 5.74) is 0. The van der Waals surface area contributed by atoms with E-state index in [4.69, 9.17) is 0 Å². The molecule has 2 amide bonds. The lowest BCUT2D eigenvalue weighted by Crippen LogP contribution is -2.37. The maximum Gasteiger partial charge on any atom is 0.524 e. The quantitative estimate of drug-likeness (QED) is 0.602. The summed E-state index contributed by atoms with van der Waals surface area (Å²) in [6, 6.07) is -0.802. The van der Waals surface area contributed by atoms with Crippen LogP contribution in [-0.2, 0) is 4.74 Å². The lowest BCUT2D eigenvalue weighted by atomic mass is 10.6. The summed E-state index contributed by atoms with van der Waals surface area (Å²) in [5.74, 6) is 0. The maximum absolute atomic E-state index is 11.6. The molecule has 0 N–H and O–H groups in total. The molecule has 67 valence electrons. The highest BCUT2D eigenvalue weighted by Crippen LogP contribution is 2.21. The summed E-state index contributed by atoms with van der Waals surface area (Å²) >= 11 is 0. The first-order valence-corrected chi connectivity index (χ1v) is 2.88. The predicted octanol–water partition coefficient (Wildman–Crippen LogP) is 0.862. The van der Waals surface area contributed by atoms with Crippen molar-refractivity contribution in [3.8, 4) is 0 Å². The lowest BCUT2D eigenvalue weighted by molar-refractivity contribution is -0.342. The number of aliphatic imine (C=N–C) groups is 1. The van der Waals surface area contributed by atoms with Crippen molar-refractivity contribution in [3.63, 3.8) is 0 Å². The standard InChI is InChI=1S/C5H4F3N2O2/c1-10-3(2-9-4(10)11)12-5(6,7)8/h3H,1H3. The molecule has 0 fully saturated rings. The van der Waals surface area contributed by atoms with Gasteiger partial charge in [0, 0.05) is 7.05 Å². The van der Waals surface area contributed by atoms with Gasteiger partial charge < -0.3 is 0 Å². The molecular weight excluding hydrogens is 177 g/mol. The predicted molar refractivity (Wildman–Crippen MR) is 31.5 cm³/mol. The van der Waals surface area contributed by atoms with Gasteiger partial charge in [0.15, 0.2) is 6.23 Å². The van der Waals surface area contributed by atoms with Crippen LogP contribution in [0.4, 0.5) is 18.0 Å². The highest BCUT2D eigenvalue weighted by Gasteiger charge is 2.38. The van der Waals surface area contributed by atoms with Crippen LogP contribution in [0.15, 0.2) is 4.99 Å². The molecule has 0 spiro atoms. The first kappa shape index (κ1) is 8.98. The number of carbonyl (C=O) groups excluding carboxylic acids is 1. The van der Waals surface area contributed by atoms with E-state index < -0.39 is 18.6 Å². The molecule has 1 aliphatic rings. The van der Waals surface area contributed by atoms with Crippen LogP contribution in [0.3, 0.4) is 0 Å². The Morgan fingerprint density at radius 1 is 1.67 bits per heavy atom. The van der Waals surface area contributed by atoms with Crippen LogP contribution >= 0.6 is 0 Å². The molecule has 0 aliphatic carbocycles. The van der Waals surface area contributed by atoms with Gasteiger partial charge in [0.2, 0.25) is 0 Å². The maximum atomic E-state index is 11.6. The first-order valence-electron chi connectivity index (χ1n) is 2.88. The fourth-order valence-electron chi connectivity index (χ4n) is 0.608. The number of amides is 2. The molecule has 0 bridgehead atoms. The van der Waals surface area contributed by atoms with Crippen molar-refractivity contribution < 1.29 is 22.7 Å². The summed E-state index contributed by atoms with van der Waals surface area (Å²) in [5, 5.41) is 0. The molecule has 1 heterocycles. The van der Waals surface area contributed by atoms with E-state index in [1.807, 2.05) is 6.21 Å². The number of ether oxygens (including phenoxy) is 1. The average Bonchev–Trinajstić information content (AvgIpc) is 2.16. The Kier molecular flexibility index (Phi) is 2.05. The molecule has 12 heavy (non-hydrogen) atoms. The lowest BCUT2D eigenvalue weighted by Gasteiger charge is -2.18. The summed E-state index contributed by atoms with van der Waals surface area (Å²) in [6.07, 6.45) is -4.47. The SMILES string of the molecule is CN1C(=O)N=[C]C1OC(F)(F)F. The molecule has 1 aliphatic heterocycles. The zero-order valence-electron chi connectivity index (χ0n) is 5.92. The third kappa shape index (κ3) is 1.94. The Morgan fingerprint density at radius 3 is 2.58 bits per heavy atom. The van der Waals surface area contributed by atoms with Gasteiger partial charge >= 0.3 is 12.4 Å². The molecule has 1 unspecified atom stereocenters. The van der Waals surface area contributed by atoms with Crippen molar-refractivity contribution in [2.75, 3.05) is 7.05 Å². The molecule has 0 aromatic heterocycles. The third-order valence-electron chi connectivity index (χ3n) is 1.17. The van der Waals surface area contributed by atoms with Gasteiger partial charge in [-0.05, 0) is 0 Å². The molecule has 0 aromatic carbocycles. The van der Waals surface area contributed by atoms with Gasteiger partial charge in [0.1, 0.15) is 6.21 Å². The van der Waals surface area contributed by atoms with E-state index in [9.17, 15) is 18.0 Å². The highest BCUT2D eigenvalue weighted by atomic mass is 19.4. The normalized spacial score (nSPS) is 23.8. The molecule has 4 nitrogen and oxygen atoms in total. The van der Waals surface area contributed by atoms with E-state index in [0.29, 0.717) is 4.90 Å². The minimum absolute atomic E-state index is 0.688.